The van der Waals surface area contributed by atoms with Crippen LogP contribution in [0.2, 0.25) is 0 Å². The fourth-order valence-corrected chi connectivity index (χ4v) is 6.03. The van der Waals surface area contributed by atoms with Crippen molar-refractivity contribution in [3.05, 3.63) is 75.7 Å². The summed E-state index contributed by atoms with van der Waals surface area (Å²) in [5, 5.41) is 5.34. The summed E-state index contributed by atoms with van der Waals surface area (Å²) in [6.45, 7) is 12.3. The second kappa shape index (κ2) is 19.2. The van der Waals surface area contributed by atoms with E-state index in [1.54, 1.807) is 11.3 Å². The van der Waals surface area contributed by atoms with Gasteiger partial charge in [-0.2, -0.15) is 4.57 Å². The molecule has 0 saturated carbocycles. The normalized spacial score (nSPS) is 11.3. The summed E-state index contributed by atoms with van der Waals surface area (Å²) < 4.78 is 8.62. The molecule has 1 amide bonds. The van der Waals surface area contributed by atoms with Gasteiger partial charge in [0.2, 0.25) is 5.51 Å². The van der Waals surface area contributed by atoms with Gasteiger partial charge in [0.25, 0.3) is 5.91 Å². The Balaban J connectivity index is 0.00000616. The Morgan fingerprint density at radius 1 is 0.857 bits per heavy atom. The number of hydrogen-bond acceptors (Lipinski definition) is 3. The Labute approximate surface area is 270 Å². The van der Waals surface area contributed by atoms with Crippen LogP contribution in [-0.2, 0) is 12.0 Å². The van der Waals surface area contributed by atoms with Crippen LogP contribution < -0.4 is 31.6 Å². The standard InChI is InChI=1S/C36H52N2O2S.BrH/c1-6-7-8-9-10-11-12-13-14-15-16-19-25-40-34-31(22-20-23-32(34)36(3,4)5)35(39)37-33-24-18-17-21-30(33)26-38-28-41-27-29(38)2;/h17-18,20-24,27-28H,6-16,19,25-26H2,1-5H3;1H. The monoisotopic (exact) mass is 656 g/mol. The number of benzene rings is 2. The van der Waals surface area contributed by atoms with Crippen molar-refractivity contribution < 1.29 is 31.1 Å². The average Bonchev–Trinajstić information content (AvgIpc) is 3.35. The van der Waals surface area contributed by atoms with E-state index in [4.69, 9.17) is 4.74 Å². The highest BCUT2D eigenvalue weighted by Gasteiger charge is 2.25. The number of carbonyl (C=O) groups is 1. The van der Waals surface area contributed by atoms with Gasteiger partial charge < -0.3 is 27.0 Å². The Morgan fingerprint density at radius 2 is 1.48 bits per heavy atom. The van der Waals surface area contributed by atoms with Gasteiger partial charge in [-0.1, -0.05) is 140 Å². The molecule has 3 aromatic rings. The highest BCUT2D eigenvalue weighted by atomic mass is 79.9. The molecule has 42 heavy (non-hydrogen) atoms. The first kappa shape index (κ1) is 36.0. The molecule has 0 spiro atoms. The van der Waals surface area contributed by atoms with Crippen LogP contribution in [0.4, 0.5) is 5.69 Å². The lowest BCUT2D eigenvalue weighted by Crippen LogP contribution is -3.00. The topological polar surface area (TPSA) is 42.2 Å². The molecule has 0 aliphatic rings. The van der Waals surface area contributed by atoms with Crippen molar-refractivity contribution in [2.24, 2.45) is 0 Å². The molecule has 0 saturated heterocycles. The van der Waals surface area contributed by atoms with Crippen LogP contribution in [-0.4, -0.2) is 12.5 Å². The number of carbonyl (C=O) groups excluding carboxylic acids is 1. The smallest absolute Gasteiger partial charge is 0.259 e. The van der Waals surface area contributed by atoms with Gasteiger partial charge in [-0.25, -0.2) is 0 Å². The summed E-state index contributed by atoms with van der Waals surface area (Å²) in [5.41, 5.74) is 6.78. The first-order chi connectivity index (χ1) is 19.8. The van der Waals surface area contributed by atoms with Crippen LogP contribution in [0.3, 0.4) is 0 Å². The number of anilines is 1. The number of nitrogens with zero attached hydrogens (tertiary/aromatic N) is 1. The van der Waals surface area contributed by atoms with E-state index in [9.17, 15) is 4.79 Å². The van der Waals surface area contributed by atoms with Crippen molar-refractivity contribution in [3.63, 3.8) is 0 Å². The van der Waals surface area contributed by atoms with Gasteiger partial charge in [0, 0.05) is 18.1 Å². The van der Waals surface area contributed by atoms with Gasteiger partial charge in [0.1, 0.15) is 5.75 Å². The minimum atomic E-state index is -0.132. The largest absolute Gasteiger partial charge is 1.00 e. The maximum Gasteiger partial charge on any atom is 0.259 e. The number of hydrogen-bond donors (Lipinski definition) is 1. The number of nitrogens with one attached hydrogen (secondary N) is 1. The predicted octanol–water partition coefficient (Wildman–Crippen LogP) is 7.03. The van der Waals surface area contributed by atoms with E-state index in [0.717, 1.165) is 35.5 Å². The van der Waals surface area contributed by atoms with Crippen molar-refractivity contribution >= 4 is 22.9 Å². The summed E-state index contributed by atoms with van der Waals surface area (Å²) in [4.78, 5) is 13.7. The highest BCUT2D eigenvalue weighted by Crippen LogP contribution is 2.35. The van der Waals surface area contributed by atoms with Crippen LogP contribution in [0, 0.1) is 6.92 Å². The van der Waals surface area contributed by atoms with Crippen molar-refractivity contribution in [2.75, 3.05) is 11.9 Å². The number of aryl methyl sites for hydroxylation is 1. The van der Waals surface area contributed by atoms with E-state index in [2.05, 4.69) is 67.5 Å². The summed E-state index contributed by atoms with van der Waals surface area (Å²) in [7, 11) is 0. The van der Waals surface area contributed by atoms with Gasteiger partial charge in [-0.05, 0) is 24.0 Å². The highest BCUT2D eigenvalue weighted by molar-refractivity contribution is 7.07. The fourth-order valence-electron chi connectivity index (χ4n) is 5.25. The molecule has 1 heterocycles. The zero-order valence-corrected chi connectivity index (χ0v) is 29.0. The third-order valence-electron chi connectivity index (χ3n) is 7.80. The van der Waals surface area contributed by atoms with Gasteiger partial charge in [-0.3, -0.25) is 4.79 Å². The third kappa shape index (κ3) is 11.8. The molecule has 3 rings (SSSR count). The van der Waals surface area contributed by atoms with E-state index in [1.165, 1.54) is 76.3 Å². The predicted molar refractivity (Wildman–Crippen MR) is 174 cm³/mol. The SMILES string of the molecule is CCCCCCCCCCCCCCOc1c(C(=O)Nc2ccccc2C[n+]2cscc2C)cccc1C(C)(C)C.[Br-]. The Morgan fingerprint density at radius 3 is 2.07 bits per heavy atom. The number of halogens is 1. The molecular weight excluding hydrogens is 604 g/mol. The lowest BCUT2D eigenvalue weighted by Gasteiger charge is -2.25. The zero-order valence-electron chi connectivity index (χ0n) is 26.6. The maximum atomic E-state index is 13.7. The summed E-state index contributed by atoms with van der Waals surface area (Å²) in [5.74, 6) is 0.599. The number of ether oxygens (including phenoxy) is 1. The third-order valence-corrected chi connectivity index (χ3v) is 8.65. The van der Waals surface area contributed by atoms with Crippen LogP contribution in [0.1, 0.15) is 132 Å². The lowest BCUT2D eigenvalue weighted by atomic mass is 9.85. The minimum Gasteiger partial charge on any atom is -1.00 e. The molecule has 6 heteroatoms. The van der Waals surface area contributed by atoms with Crippen molar-refractivity contribution in [3.8, 4) is 5.75 Å². The second-order valence-electron chi connectivity index (χ2n) is 12.4. The van der Waals surface area contributed by atoms with Crippen LogP contribution in [0.15, 0.2) is 53.4 Å². The number of rotatable bonds is 18. The molecule has 232 valence electrons. The van der Waals surface area contributed by atoms with Crippen molar-refractivity contribution in [2.45, 2.75) is 124 Å². The molecule has 0 fully saturated rings. The van der Waals surface area contributed by atoms with E-state index in [0.29, 0.717) is 12.2 Å². The number of aromatic nitrogens is 1. The number of thiazole rings is 1. The first-order valence-corrected chi connectivity index (χ1v) is 16.8. The van der Waals surface area contributed by atoms with Crippen molar-refractivity contribution in [1.29, 1.82) is 0 Å². The summed E-state index contributed by atoms with van der Waals surface area (Å²) >= 11 is 1.69. The molecule has 0 aliphatic heterocycles. The van der Waals surface area contributed by atoms with E-state index < -0.39 is 0 Å². The zero-order chi connectivity index (χ0) is 29.5. The molecular formula is C36H53BrN2O2S. The number of para-hydroxylation sites is 2. The maximum absolute atomic E-state index is 13.7. The molecule has 0 radical (unpaired) electrons. The van der Waals surface area contributed by atoms with Gasteiger partial charge >= 0.3 is 0 Å². The van der Waals surface area contributed by atoms with E-state index in [1.807, 2.05) is 30.3 Å². The molecule has 1 N–H and O–H groups in total. The number of unbranched alkanes of at least 4 members (excludes halogenated alkanes) is 11. The van der Waals surface area contributed by atoms with Crippen LogP contribution in [0.25, 0.3) is 0 Å². The molecule has 0 bridgehead atoms. The lowest BCUT2D eigenvalue weighted by molar-refractivity contribution is -0.689. The quantitative estimate of drug-likeness (QED) is 0.118. The Hall–Kier alpha value is -2.18. The van der Waals surface area contributed by atoms with E-state index in [-0.39, 0.29) is 28.3 Å². The molecule has 2 aromatic carbocycles. The summed E-state index contributed by atoms with van der Waals surface area (Å²) in [6, 6.07) is 14.0. The molecule has 0 unspecified atom stereocenters. The molecule has 0 aliphatic carbocycles. The molecule has 1 aromatic heterocycles. The van der Waals surface area contributed by atoms with Gasteiger partial charge in [-0.15, -0.1) is 0 Å². The second-order valence-corrected chi connectivity index (χ2v) is 13.1. The Kier molecular flexibility index (Phi) is 16.4. The number of amides is 1. The van der Waals surface area contributed by atoms with Gasteiger partial charge in [0.15, 0.2) is 12.2 Å². The van der Waals surface area contributed by atoms with Crippen LogP contribution >= 0.6 is 11.3 Å². The average molecular weight is 658 g/mol. The minimum absolute atomic E-state index is 0. The van der Waals surface area contributed by atoms with Crippen molar-refractivity contribution in [1.82, 2.24) is 0 Å². The van der Waals surface area contributed by atoms with Gasteiger partial charge in [0.05, 0.1) is 23.2 Å². The summed E-state index contributed by atoms with van der Waals surface area (Å²) in [6.07, 6.45) is 15.8. The Bertz CT molecular complexity index is 1200. The van der Waals surface area contributed by atoms with E-state index >= 15 is 0 Å². The molecule has 0 atom stereocenters. The fraction of sp³-hybridized carbons (Fsp3) is 0.556. The van der Waals surface area contributed by atoms with Crippen LogP contribution in [0.5, 0.6) is 5.75 Å². The molecule has 4 nitrogen and oxygen atoms in total. The first-order valence-electron chi connectivity index (χ1n) is 15.9.